The molecule has 0 bridgehead atoms. The molecule has 1 unspecified atom stereocenters. The fraction of sp³-hybridized carbons (Fsp3) is 0.438. The summed E-state index contributed by atoms with van der Waals surface area (Å²) in [5.74, 6) is -0.0233. The van der Waals surface area contributed by atoms with Gasteiger partial charge < -0.3 is 9.30 Å². The van der Waals surface area contributed by atoms with Gasteiger partial charge in [-0.25, -0.2) is 0 Å². The average Bonchev–Trinajstić information content (AvgIpc) is 2.57. The molecule has 0 aliphatic carbocycles. The van der Waals surface area contributed by atoms with E-state index in [0.717, 1.165) is 10.6 Å². The lowest BCUT2D eigenvalue weighted by Gasteiger charge is -2.22. The first kappa shape index (κ1) is 21.2. The summed E-state index contributed by atoms with van der Waals surface area (Å²) >= 11 is 0. The highest BCUT2D eigenvalue weighted by Gasteiger charge is 2.44. The van der Waals surface area contributed by atoms with Crippen LogP contribution in [0.5, 0.6) is 5.75 Å². The Balaban J connectivity index is 2.54. The third-order valence-corrected chi connectivity index (χ3v) is 5.11. The predicted octanol–water partition coefficient (Wildman–Crippen LogP) is 2.41. The van der Waals surface area contributed by atoms with Gasteiger partial charge in [-0.05, 0) is 30.0 Å². The van der Waals surface area contributed by atoms with Gasteiger partial charge in [-0.1, -0.05) is 6.92 Å². The van der Waals surface area contributed by atoms with Crippen LogP contribution in [0.15, 0.2) is 29.1 Å². The first-order valence-electron chi connectivity index (χ1n) is 7.91. The lowest BCUT2D eigenvalue weighted by molar-refractivity contribution is -0.174. The van der Waals surface area contributed by atoms with Gasteiger partial charge in [-0.15, -0.1) is 0 Å². The number of aromatic nitrogens is 1. The highest BCUT2D eigenvalue weighted by atomic mass is 32.2. The molecule has 0 fully saturated rings. The zero-order valence-corrected chi connectivity index (χ0v) is 15.6. The van der Waals surface area contributed by atoms with Gasteiger partial charge in [0.05, 0.1) is 18.4 Å². The van der Waals surface area contributed by atoms with Crippen LogP contribution in [0.2, 0.25) is 0 Å². The van der Waals surface area contributed by atoms with Crippen molar-refractivity contribution in [3.63, 3.8) is 0 Å². The van der Waals surface area contributed by atoms with E-state index in [9.17, 15) is 26.4 Å². The third kappa shape index (κ3) is 4.79. The summed E-state index contributed by atoms with van der Waals surface area (Å²) in [5, 5.41) is 0.348. The quantitative estimate of drug-likeness (QED) is 0.708. The van der Waals surface area contributed by atoms with Gasteiger partial charge >= 0.3 is 6.18 Å². The fourth-order valence-electron chi connectivity index (χ4n) is 2.52. The Morgan fingerprint density at radius 2 is 1.93 bits per heavy atom. The molecule has 0 spiro atoms. The largest absolute Gasteiger partial charge is 0.497 e. The molecule has 0 radical (unpaired) electrons. The van der Waals surface area contributed by atoms with Gasteiger partial charge in [0.15, 0.2) is 6.04 Å². The number of nitrogens with one attached hydrogen (secondary N) is 1. The predicted molar refractivity (Wildman–Crippen MR) is 92.8 cm³/mol. The van der Waals surface area contributed by atoms with E-state index in [1.165, 1.54) is 44.8 Å². The molecule has 0 saturated carbocycles. The Morgan fingerprint density at radius 1 is 1.26 bits per heavy atom. The number of hydrogen-bond donors (Lipinski definition) is 1. The monoisotopic (exact) mass is 408 g/mol. The van der Waals surface area contributed by atoms with Gasteiger partial charge in [0.1, 0.15) is 5.75 Å². The van der Waals surface area contributed by atoms with Crippen molar-refractivity contribution in [1.82, 2.24) is 10.0 Å². The summed E-state index contributed by atoms with van der Waals surface area (Å²) in [7, 11) is -1.47. The molecule has 11 heteroatoms. The maximum absolute atomic E-state index is 13.5. The van der Waals surface area contributed by atoms with Gasteiger partial charge in [-0.2, -0.15) is 31.4 Å². The van der Waals surface area contributed by atoms with Crippen LogP contribution in [0, 0.1) is 0 Å². The molecule has 0 saturated heterocycles. The number of hydroxylamine groups is 1. The zero-order valence-electron chi connectivity index (χ0n) is 14.8. The Bertz CT molecular complexity index is 986. The van der Waals surface area contributed by atoms with Crippen molar-refractivity contribution in [2.45, 2.75) is 25.6 Å². The molecule has 2 rings (SSSR count). The maximum atomic E-state index is 13.5. The molecular weight excluding hydrogens is 389 g/mol. The van der Waals surface area contributed by atoms with Crippen LogP contribution in [0.4, 0.5) is 13.2 Å². The fourth-order valence-corrected chi connectivity index (χ4v) is 3.35. The van der Waals surface area contributed by atoms with Gasteiger partial charge in [0.2, 0.25) is 0 Å². The van der Waals surface area contributed by atoms with Crippen LogP contribution >= 0.6 is 0 Å². The molecule has 1 atom stereocenters. The number of benzene rings is 1. The van der Waals surface area contributed by atoms with E-state index in [1.807, 2.05) is 0 Å². The van der Waals surface area contributed by atoms with Crippen molar-refractivity contribution in [3.8, 4) is 5.75 Å². The Morgan fingerprint density at radius 3 is 2.48 bits per heavy atom. The zero-order chi connectivity index (χ0) is 20.4. The van der Waals surface area contributed by atoms with Crippen LogP contribution in [0.1, 0.15) is 24.9 Å². The van der Waals surface area contributed by atoms with Gasteiger partial charge in [0.25, 0.3) is 15.7 Å². The van der Waals surface area contributed by atoms with Crippen molar-refractivity contribution < 1.29 is 30.6 Å². The van der Waals surface area contributed by atoms with Gasteiger partial charge in [-0.3, -0.25) is 4.79 Å². The van der Waals surface area contributed by atoms with Crippen LogP contribution in [-0.4, -0.2) is 32.0 Å². The van der Waals surface area contributed by atoms with E-state index in [2.05, 4.69) is 4.28 Å². The summed E-state index contributed by atoms with van der Waals surface area (Å²) in [6.07, 6.45) is -4.80. The van der Waals surface area contributed by atoms with Gasteiger partial charge in [0, 0.05) is 18.7 Å². The molecule has 2 aromatic rings. The number of hydrogen-bond acceptors (Lipinski definition) is 6. The van der Waals surface area contributed by atoms with Crippen LogP contribution < -0.4 is 15.8 Å². The molecule has 7 nitrogen and oxygen atoms in total. The molecule has 1 N–H and O–H groups in total. The van der Waals surface area contributed by atoms with Crippen molar-refractivity contribution in [2.24, 2.45) is 7.05 Å². The van der Waals surface area contributed by atoms with Crippen molar-refractivity contribution in [3.05, 3.63) is 40.2 Å². The lowest BCUT2D eigenvalue weighted by atomic mass is 10.1. The normalized spacial score (nSPS) is 13.7. The van der Waals surface area contributed by atoms with Crippen molar-refractivity contribution in [2.75, 3.05) is 12.9 Å². The molecule has 0 amide bonds. The van der Waals surface area contributed by atoms with E-state index < -0.39 is 39.2 Å². The topological polar surface area (TPSA) is 86.6 Å². The number of pyridine rings is 1. The summed E-state index contributed by atoms with van der Waals surface area (Å²) in [6, 6.07) is 2.99. The second-order valence-corrected chi connectivity index (χ2v) is 7.52. The highest BCUT2D eigenvalue weighted by Crippen LogP contribution is 2.33. The summed E-state index contributed by atoms with van der Waals surface area (Å²) in [5.41, 5.74) is 0.241. The number of nitrogens with zero attached hydrogens (tertiary/aromatic N) is 1. The molecular formula is C16H19F3N2O5S. The van der Waals surface area contributed by atoms with E-state index in [1.54, 1.807) is 0 Å². The number of ether oxygens (including phenoxy) is 1. The van der Waals surface area contributed by atoms with Crippen molar-refractivity contribution >= 4 is 21.0 Å². The Hall–Kier alpha value is -2.11. The number of alkyl halides is 3. The van der Waals surface area contributed by atoms with E-state index in [-0.39, 0.29) is 6.42 Å². The second-order valence-electron chi connectivity index (χ2n) is 5.83. The van der Waals surface area contributed by atoms with E-state index in [4.69, 9.17) is 4.74 Å². The lowest BCUT2D eigenvalue weighted by Crippen LogP contribution is -2.40. The minimum Gasteiger partial charge on any atom is -0.497 e. The van der Waals surface area contributed by atoms with Crippen LogP contribution in [0.3, 0.4) is 0 Å². The smallest absolute Gasteiger partial charge is 0.410 e. The first-order valence-corrected chi connectivity index (χ1v) is 9.49. The Kier molecular flexibility index (Phi) is 6.17. The molecule has 1 aromatic heterocycles. The number of methoxy groups -OCH3 is 1. The molecule has 1 aromatic carbocycles. The Labute approximate surface area is 153 Å². The average molecular weight is 408 g/mol. The van der Waals surface area contributed by atoms with Crippen LogP contribution in [0.25, 0.3) is 10.9 Å². The van der Waals surface area contributed by atoms with E-state index >= 15 is 0 Å². The van der Waals surface area contributed by atoms with E-state index in [0.29, 0.717) is 16.7 Å². The second kappa shape index (κ2) is 7.87. The molecule has 150 valence electrons. The third-order valence-electron chi connectivity index (χ3n) is 3.85. The summed E-state index contributed by atoms with van der Waals surface area (Å²) < 4.78 is 74.0. The minimum absolute atomic E-state index is 0.167. The number of fused-ring (bicyclic) bond motifs is 1. The molecule has 0 aliphatic rings. The standard InChI is InChI=1S/C16H19F3N2O5S/c1-4-7-27(23,24)26-20-14(16(17,18)19)12-8-10-5-6-11(25-3)9-13(10)21(2)15(12)22/h5-6,8-9,14,20H,4,7H2,1-3H3. The molecule has 0 aliphatic heterocycles. The van der Waals surface area contributed by atoms with Crippen molar-refractivity contribution in [1.29, 1.82) is 0 Å². The summed E-state index contributed by atoms with van der Waals surface area (Å²) in [6.45, 7) is 1.54. The number of aryl methyl sites for hydroxylation is 1. The highest BCUT2D eigenvalue weighted by molar-refractivity contribution is 7.86. The summed E-state index contributed by atoms with van der Waals surface area (Å²) in [4.78, 5) is 12.5. The maximum Gasteiger partial charge on any atom is 0.410 e. The minimum atomic E-state index is -4.96. The van der Waals surface area contributed by atoms with Crippen LogP contribution in [-0.2, 0) is 21.4 Å². The first-order chi connectivity index (χ1) is 12.5. The SMILES string of the molecule is CCCS(=O)(=O)ONC(c1cc2ccc(OC)cc2n(C)c1=O)C(F)(F)F. The number of rotatable bonds is 7. The number of halogens is 3. The molecule has 1 heterocycles. The molecule has 27 heavy (non-hydrogen) atoms.